The molecular formula is C19H20ClNO4. The van der Waals surface area contributed by atoms with Crippen LogP contribution in [0.1, 0.15) is 22.3 Å². The van der Waals surface area contributed by atoms with Gasteiger partial charge in [0.2, 0.25) is 0 Å². The molecule has 0 aliphatic carbocycles. The van der Waals surface area contributed by atoms with E-state index in [0.717, 1.165) is 5.56 Å². The molecule has 0 heterocycles. The van der Waals surface area contributed by atoms with E-state index in [1.807, 2.05) is 18.2 Å². The van der Waals surface area contributed by atoms with Crippen LogP contribution in [0.3, 0.4) is 0 Å². The Morgan fingerprint density at radius 2 is 1.84 bits per heavy atom. The Balaban J connectivity index is 2.24. The molecule has 0 unspecified atom stereocenters. The van der Waals surface area contributed by atoms with E-state index >= 15 is 0 Å². The molecule has 0 bridgehead atoms. The lowest BCUT2D eigenvalue weighted by Gasteiger charge is -2.23. The molecule has 0 saturated heterocycles. The Hall–Kier alpha value is -2.53. The molecule has 0 spiro atoms. The lowest BCUT2D eigenvalue weighted by atomic mass is 10.1. The zero-order valence-electron chi connectivity index (χ0n) is 14.2. The average molecular weight is 362 g/mol. The summed E-state index contributed by atoms with van der Waals surface area (Å²) in [6.07, 6.45) is 0.108. The lowest BCUT2D eigenvalue weighted by Crippen LogP contribution is -2.33. The zero-order valence-corrected chi connectivity index (χ0v) is 15.0. The molecule has 2 rings (SSSR count). The number of methoxy groups -OCH3 is 2. The van der Waals surface area contributed by atoms with Gasteiger partial charge in [-0.15, -0.1) is 0 Å². The molecule has 6 heteroatoms. The summed E-state index contributed by atoms with van der Waals surface area (Å²) in [4.78, 5) is 26.0. The first kappa shape index (κ1) is 18.8. The molecule has 1 amide bonds. The molecule has 0 saturated carbocycles. The van der Waals surface area contributed by atoms with Crippen LogP contribution in [0.25, 0.3) is 0 Å². The second kappa shape index (κ2) is 9.08. The third-order valence-electron chi connectivity index (χ3n) is 3.74. The molecule has 0 aliphatic rings. The fourth-order valence-electron chi connectivity index (χ4n) is 2.35. The third-order valence-corrected chi connectivity index (χ3v) is 4.11. The number of carbonyl (C=O) groups is 2. The second-order valence-electron chi connectivity index (χ2n) is 5.38. The SMILES string of the molecule is COC(=O)CCN(Cc1ccccc1Cl)C(=O)c1cccc(OC)c1. The van der Waals surface area contributed by atoms with Crippen molar-refractivity contribution in [1.82, 2.24) is 4.90 Å². The number of amides is 1. The Kier molecular flexibility index (Phi) is 6.83. The van der Waals surface area contributed by atoms with E-state index in [1.165, 1.54) is 7.11 Å². The molecule has 132 valence electrons. The molecule has 0 atom stereocenters. The molecule has 0 N–H and O–H groups in total. The van der Waals surface area contributed by atoms with E-state index in [2.05, 4.69) is 4.74 Å². The molecule has 0 fully saturated rings. The summed E-state index contributed by atoms with van der Waals surface area (Å²) in [5.74, 6) is 0.0156. The monoisotopic (exact) mass is 361 g/mol. The number of hydrogen-bond donors (Lipinski definition) is 0. The first-order valence-corrected chi connectivity index (χ1v) is 8.16. The third kappa shape index (κ3) is 5.22. The summed E-state index contributed by atoms with van der Waals surface area (Å²) in [7, 11) is 2.87. The molecule has 5 nitrogen and oxygen atoms in total. The molecule has 25 heavy (non-hydrogen) atoms. The van der Waals surface area contributed by atoms with Gasteiger partial charge in [0.15, 0.2) is 0 Å². The van der Waals surface area contributed by atoms with Gasteiger partial charge in [-0.1, -0.05) is 35.9 Å². The molecule has 0 radical (unpaired) electrons. The topological polar surface area (TPSA) is 55.8 Å². The van der Waals surface area contributed by atoms with Crippen LogP contribution in [0.5, 0.6) is 5.75 Å². The first-order chi connectivity index (χ1) is 12.0. The van der Waals surface area contributed by atoms with Crippen LogP contribution >= 0.6 is 11.6 Å². The van der Waals surface area contributed by atoms with Crippen molar-refractivity contribution in [1.29, 1.82) is 0 Å². The normalized spacial score (nSPS) is 10.2. The van der Waals surface area contributed by atoms with Crippen molar-refractivity contribution < 1.29 is 19.1 Å². The van der Waals surface area contributed by atoms with Crippen LogP contribution in [-0.2, 0) is 16.1 Å². The number of rotatable bonds is 7. The Labute approximate surface area is 152 Å². The smallest absolute Gasteiger partial charge is 0.307 e. The summed E-state index contributed by atoms with van der Waals surface area (Å²) in [5, 5.41) is 0.573. The first-order valence-electron chi connectivity index (χ1n) is 7.78. The van der Waals surface area contributed by atoms with Gasteiger partial charge >= 0.3 is 5.97 Å². The number of esters is 1. The van der Waals surface area contributed by atoms with E-state index < -0.39 is 0 Å². The van der Waals surface area contributed by atoms with Crippen LogP contribution in [0.2, 0.25) is 5.02 Å². The summed E-state index contributed by atoms with van der Waals surface area (Å²) in [6, 6.07) is 14.2. The Morgan fingerprint density at radius 3 is 2.52 bits per heavy atom. The van der Waals surface area contributed by atoms with Crippen molar-refractivity contribution in [3.8, 4) is 5.75 Å². The van der Waals surface area contributed by atoms with Crippen molar-refractivity contribution in [2.24, 2.45) is 0 Å². The van der Waals surface area contributed by atoms with E-state index in [1.54, 1.807) is 42.3 Å². The highest BCUT2D eigenvalue weighted by molar-refractivity contribution is 6.31. The minimum atomic E-state index is -0.373. The number of hydrogen-bond acceptors (Lipinski definition) is 4. The van der Waals surface area contributed by atoms with Crippen molar-refractivity contribution in [2.45, 2.75) is 13.0 Å². The number of benzene rings is 2. The maximum Gasteiger partial charge on any atom is 0.307 e. The van der Waals surface area contributed by atoms with Crippen LogP contribution < -0.4 is 4.74 Å². The lowest BCUT2D eigenvalue weighted by molar-refractivity contribution is -0.140. The number of halogens is 1. The number of carbonyl (C=O) groups excluding carboxylic acids is 2. The van der Waals surface area contributed by atoms with E-state index in [9.17, 15) is 9.59 Å². The van der Waals surface area contributed by atoms with E-state index in [0.29, 0.717) is 22.9 Å². The highest BCUT2D eigenvalue weighted by atomic mass is 35.5. The van der Waals surface area contributed by atoms with Gasteiger partial charge in [-0.05, 0) is 29.8 Å². The zero-order chi connectivity index (χ0) is 18.2. The Bertz CT molecular complexity index is 748. The van der Waals surface area contributed by atoms with Crippen LogP contribution in [0.4, 0.5) is 0 Å². The van der Waals surface area contributed by atoms with Crippen molar-refractivity contribution >= 4 is 23.5 Å². The van der Waals surface area contributed by atoms with Gasteiger partial charge < -0.3 is 14.4 Å². The maximum absolute atomic E-state index is 12.9. The fourth-order valence-corrected chi connectivity index (χ4v) is 2.55. The van der Waals surface area contributed by atoms with E-state index in [4.69, 9.17) is 16.3 Å². The van der Waals surface area contributed by atoms with Crippen LogP contribution in [0.15, 0.2) is 48.5 Å². The predicted molar refractivity (Wildman–Crippen MR) is 95.8 cm³/mol. The standard InChI is InChI=1S/C19H20ClNO4/c1-24-16-8-5-7-14(12-16)19(23)21(11-10-18(22)25-2)13-15-6-3-4-9-17(15)20/h3-9,12H,10-11,13H2,1-2H3. The van der Waals surface area contributed by atoms with Gasteiger partial charge in [-0.3, -0.25) is 9.59 Å². The van der Waals surface area contributed by atoms with Gasteiger partial charge in [0, 0.05) is 23.7 Å². The summed E-state index contributed by atoms with van der Waals surface area (Å²) in [6.45, 7) is 0.528. The van der Waals surface area contributed by atoms with Crippen LogP contribution in [-0.4, -0.2) is 37.5 Å². The van der Waals surface area contributed by atoms with Gasteiger partial charge in [-0.25, -0.2) is 0 Å². The average Bonchev–Trinajstić information content (AvgIpc) is 2.65. The summed E-state index contributed by atoms with van der Waals surface area (Å²) in [5.41, 5.74) is 1.29. The Morgan fingerprint density at radius 1 is 1.08 bits per heavy atom. The van der Waals surface area contributed by atoms with Crippen molar-refractivity contribution in [3.63, 3.8) is 0 Å². The molecule has 0 aromatic heterocycles. The number of ether oxygens (including phenoxy) is 2. The maximum atomic E-state index is 12.9. The highest BCUT2D eigenvalue weighted by Crippen LogP contribution is 2.20. The van der Waals surface area contributed by atoms with Gasteiger partial charge in [-0.2, -0.15) is 0 Å². The highest BCUT2D eigenvalue weighted by Gasteiger charge is 2.19. The molecule has 2 aromatic rings. The minimum Gasteiger partial charge on any atom is -0.497 e. The second-order valence-corrected chi connectivity index (χ2v) is 5.78. The van der Waals surface area contributed by atoms with Crippen LogP contribution in [0, 0.1) is 0 Å². The fraction of sp³-hybridized carbons (Fsp3) is 0.263. The van der Waals surface area contributed by atoms with Crippen molar-refractivity contribution in [3.05, 3.63) is 64.7 Å². The molecular weight excluding hydrogens is 342 g/mol. The molecule has 0 aliphatic heterocycles. The van der Waals surface area contributed by atoms with Crippen molar-refractivity contribution in [2.75, 3.05) is 20.8 Å². The van der Waals surface area contributed by atoms with Gasteiger partial charge in [0.05, 0.1) is 20.6 Å². The quantitative estimate of drug-likeness (QED) is 0.708. The van der Waals surface area contributed by atoms with Gasteiger partial charge in [0.1, 0.15) is 5.75 Å². The summed E-state index contributed by atoms with van der Waals surface area (Å²) >= 11 is 6.21. The van der Waals surface area contributed by atoms with Gasteiger partial charge in [0.25, 0.3) is 5.91 Å². The summed E-state index contributed by atoms with van der Waals surface area (Å²) < 4.78 is 9.85. The molecule has 2 aromatic carbocycles. The number of nitrogens with zero attached hydrogens (tertiary/aromatic N) is 1. The largest absolute Gasteiger partial charge is 0.497 e. The minimum absolute atomic E-state index is 0.108. The predicted octanol–water partition coefficient (Wildman–Crippen LogP) is 3.55. The van der Waals surface area contributed by atoms with E-state index in [-0.39, 0.29) is 24.8 Å².